The minimum atomic E-state index is 1.16. The molecule has 0 fully saturated rings. The van der Waals surface area contributed by atoms with Crippen molar-refractivity contribution >= 4 is 137 Å². The van der Waals surface area contributed by atoms with Gasteiger partial charge in [-0.3, -0.25) is 0 Å². The molecule has 0 saturated heterocycles. The molecule has 0 unspecified atom stereocenters. The first-order valence-corrected chi connectivity index (χ1v) is 24.3. The summed E-state index contributed by atoms with van der Waals surface area (Å²) < 4.78 is 5.09. The van der Waals surface area contributed by atoms with E-state index in [4.69, 9.17) is 0 Å². The van der Waals surface area contributed by atoms with Gasteiger partial charge in [0.25, 0.3) is 0 Å². The van der Waals surface area contributed by atoms with E-state index in [1.165, 1.54) is 143 Å². The van der Waals surface area contributed by atoms with Gasteiger partial charge in [-0.25, -0.2) is 0 Å². The Bertz CT molecular complexity index is 4000. The molecule has 0 aliphatic carbocycles. The van der Waals surface area contributed by atoms with Crippen LogP contribution in [0.25, 0.3) is 111 Å². The fourth-order valence-electron chi connectivity index (χ4n) is 11.6. The lowest BCUT2D eigenvalue weighted by Gasteiger charge is -2.19. The van der Waals surface area contributed by atoms with Crippen molar-refractivity contribution in [1.82, 2.24) is 9.13 Å². The van der Waals surface area contributed by atoms with E-state index in [9.17, 15) is 0 Å². The molecule has 2 aromatic heterocycles. The Morgan fingerprint density at radius 1 is 0.275 bits per heavy atom. The Kier molecular flexibility index (Phi) is 10.4. The molecule has 12 rings (SSSR count). The monoisotopic (exact) mass is 872 g/mol. The zero-order chi connectivity index (χ0) is 47.1. The number of hydrogen-bond acceptors (Lipinski definition) is 0. The molecule has 0 saturated carbocycles. The predicted molar refractivity (Wildman–Crippen MR) is 320 cm³/mol. The topological polar surface area (TPSA) is 9.86 Å². The number of hydrogen-bond donors (Lipinski definition) is 0. The molecule has 12 aromatic rings. The minimum Gasteiger partial charge on any atom is -0.310 e. The largest absolute Gasteiger partial charge is 0.310 e. The normalized spacial score (nSPS) is 11.6. The lowest BCUT2D eigenvalue weighted by molar-refractivity contribution is 1.18. The van der Waals surface area contributed by atoms with Gasteiger partial charge >= 0.3 is 0 Å². The molecule has 0 radical (unpaired) electrons. The van der Waals surface area contributed by atoms with Crippen LogP contribution in [0.3, 0.4) is 0 Å². The van der Waals surface area contributed by atoms with Crippen molar-refractivity contribution < 1.29 is 0 Å². The summed E-state index contributed by atoms with van der Waals surface area (Å²) >= 11 is 0. The summed E-state index contributed by atoms with van der Waals surface area (Å²) in [6.07, 6.45) is 0. The molecule has 0 amide bonds. The van der Waals surface area contributed by atoms with Crippen LogP contribution in [0.5, 0.6) is 0 Å². The fourth-order valence-corrected chi connectivity index (χ4v) is 11.6. The third-order valence-electron chi connectivity index (χ3n) is 15.5. The van der Waals surface area contributed by atoms with Gasteiger partial charge in [0.15, 0.2) is 0 Å². The van der Waals surface area contributed by atoms with Crippen molar-refractivity contribution in [3.05, 3.63) is 200 Å². The maximum atomic E-state index is 2.57. The van der Waals surface area contributed by atoms with Crippen LogP contribution < -0.4 is 38.2 Å². The van der Waals surface area contributed by atoms with Crippen LogP contribution in [0.15, 0.2) is 200 Å². The average Bonchev–Trinajstić information content (AvgIpc) is 3.94. The Morgan fingerprint density at radius 3 is 1.39 bits per heavy atom. The van der Waals surface area contributed by atoms with Gasteiger partial charge in [0.2, 0.25) is 0 Å². The number of benzene rings is 10. The summed E-state index contributed by atoms with van der Waals surface area (Å²) in [7, 11) is 16.3. The van der Waals surface area contributed by atoms with Gasteiger partial charge in [-0.05, 0) is 97.9 Å². The van der Waals surface area contributed by atoms with E-state index in [1.807, 2.05) is 0 Å². The molecule has 0 spiro atoms. The van der Waals surface area contributed by atoms with Gasteiger partial charge in [-0.1, -0.05) is 191 Å². The first-order valence-electron chi connectivity index (χ1n) is 24.3. The number of rotatable bonds is 7. The average molecular weight is 872 g/mol. The maximum Gasteiger partial charge on any atom is 0.141 e. The van der Waals surface area contributed by atoms with Crippen molar-refractivity contribution in [2.45, 2.75) is 0 Å². The van der Waals surface area contributed by atoms with Gasteiger partial charge in [0.1, 0.15) is 54.9 Å². The van der Waals surface area contributed by atoms with Crippen molar-refractivity contribution in [2.75, 3.05) is 0 Å². The summed E-state index contributed by atoms with van der Waals surface area (Å²) in [5.74, 6) is 0. The fraction of sp³-hybridized carbons (Fsp3) is 0. The molecular weight excluding hydrogens is 824 g/mol. The van der Waals surface area contributed by atoms with E-state index in [1.54, 1.807) is 0 Å². The molecule has 2 nitrogen and oxygen atoms in total. The zero-order valence-electron chi connectivity index (χ0n) is 40.4. The highest BCUT2D eigenvalue weighted by Crippen LogP contribution is 2.43. The van der Waals surface area contributed by atoms with Gasteiger partial charge in [0, 0.05) is 38.4 Å². The molecule has 318 valence electrons. The van der Waals surface area contributed by atoms with Crippen LogP contribution in [0.1, 0.15) is 0 Å². The Labute approximate surface area is 410 Å². The van der Waals surface area contributed by atoms with Crippen molar-refractivity contribution in [3.8, 4) is 67.0 Å². The van der Waals surface area contributed by atoms with Crippen LogP contribution in [0, 0.1) is 0 Å². The van der Waals surface area contributed by atoms with Crippen molar-refractivity contribution in [1.29, 1.82) is 0 Å². The molecule has 10 aromatic carbocycles. The highest BCUT2D eigenvalue weighted by molar-refractivity contribution is 6.69. The van der Waals surface area contributed by atoms with Gasteiger partial charge < -0.3 is 9.13 Å². The van der Waals surface area contributed by atoms with E-state index in [0.29, 0.717) is 0 Å². The lowest BCUT2D eigenvalue weighted by atomic mass is 9.64. The quantitative estimate of drug-likeness (QED) is 0.215. The Hall–Kier alpha value is -7.75. The summed E-state index contributed by atoms with van der Waals surface area (Å²) in [4.78, 5) is 0. The van der Waals surface area contributed by atoms with Gasteiger partial charge in [0.05, 0.1) is 16.7 Å². The third kappa shape index (κ3) is 6.73. The summed E-state index contributed by atoms with van der Waals surface area (Å²) in [6, 6.07) is 73.5. The van der Waals surface area contributed by atoms with Crippen LogP contribution in [0.4, 0.5) is 0 Å². The predicted octanol–water partition coefficient (Wildman–Crippen LogP) is 4.02. The van der Waals surface area contributed by atoms with Gasteiger partial charge in [-0.15, -0.1) is 5.46 Å². The SMILES string of the molecule is Bc1c(B)c(B)c2c(c1B)c1c(B)c(-c3ccc4c(c3)c3c(-c5ccccc5)cccc3n4-c3ccc(-c4ccccc4)cc3-c3ccccc3)c(B)c(B)c1n2-c1ccc(-c2ccccc2)cc1. The van der Waals surface area contributed by atoms with E-state index < -0.39 is 0 Å². The second kappa shape index (κ2) is 16.8. The number of fused-ring (bicyclic) bond motifs is 6. The highest BCUT2D eigenvalue weighted by Gasteiger charge is 2.26. The first kappa shape index (κ1) is 42.6. The maximum absolute atomic E-state index is 2.57. The Morgan fingerprint density at radius 2 is 0.768 bits per heavy atom. The lowest BCUT2D eigenvalue weighted by Crippen LogP contribution is -2.48. The minimum absolute atomic E-state index is 1.16. The van der Waals surface area contributed by atoms with E-state index in [2.05, 4.69) is 264 Å². The zero-order valence-corrected chi connectivity index (χ0v) is 40.4. The van der Waals surface area contributed by atoms with Crippen molar-refractivity contribution in [3.63, 3.8) is 0 Å². The summed E-state index contributed by atoms with van der Waals surface area (Å²) in [5, 5.41) is 5.20. The summed E-state index contributed by atoms with van der Waals surface area (Å²) in [6.45, 7) is 0. The van der Waals surface area contributed by atoms with Gasteiger partial charge in [-0.2, -0.15) is 0 Å². The molecule has 9 heteroatoms. The van der Waals surface area contributed by atoms with Crippen LogP contribution in [-0.4, -0.2) is 64.1 Å². The Balaban J connectivity index is 1.14. The third-order valence-corrected chi connectivity index (χ3v) is 15.5. The van der Waals surface area contributed by atoms with Crippen molar-refractivity contribution in [2.24, 2.45) is 0 Å². The smallest absolute Gasteiger partial charge is 0.141 e. The highest BCUT2D eigenvalue weighted by atomic mass is 15.0. The van der Waals surface area contributed by atoms with E-state index in [-0.39, 0.29) is 0 Å². The first-order chi connectivity index (χ1) is 33.7. The van der Waals surface area contributed by atoms with E-state index >= 15 is 0 Å². The molecule has 0 N–H and O–H groups in total. The molecular formula is C60H47B7N2. The molecule has 2 heterocycles. The molecule has 0 atom stereocenters. The molecule has 0 bridgehead atoms. The number of aromatic nitrogens is 2. The molecule has 0 aliphatic heterocycles. The van der Waals surface area contributed by atoms with E-state index in [0.717, 1.165) is 5.69 Å². The van der Waals surface area contributed by atoms with Crippen LogP contribution in [-0.2, 0) is 0 Å². The molecule has 69 heavy (non-hydrogen) atoms. The second-order valence-electron chi connectivity index (χ2n) is 19.0. The van der Waals surface area contributed by atoms with Crippen LogP contribution >= 0.6 is 0 Å². The summed E-state index contributed by atoms with van der Waals surface area (Å²) in [5.41, 5.74) is 28.9. The number of nitrogens with zero attached hydrogens (tertiary/aromatic N) is 2. The second-order valence-corrected chi connectivity index (χ2v) is 19.0. The van der Waals surface area contributed by atoms with Crippen LogP contribution in [0.2, 0.25) is 0 Å². The standard InChI is InChI=1S/C60H47B7N2/c61-52-48(53(62)57(66)59-50(52)51-54(63)55(64)56(65)58(67)60(51)68(59)41-28-24-36(25-29-41)34-14-5-1-6-15-34)40-27-31-46-44(33-40)49-42(37-18-9-3-10-19-37)22-13-23-47(49)69(46)45-30-26-39(35-16-7-2-8-17-35)32-43(45)38-20-11-4-12-21-38/h1-33H,61-67H2. The molecule has 0 aliphatic rings.